The lowest BCUT2D eigenvalue weighted by molar-refractivity contribution is 0.612. The van der Waals surface area contributed by atoms with Gasteiger partial charge in [0, 0.05) is 11.9 Å². The van der Waals surface area contributed by atoms with Gasteiger partial charge in [-0.05, 0) is 24.5 Å². The van der Waals surface area contributed by atoms with Crippen molar-refractivity contribution in [2.24, 2.45) is 5.92 Å². The van der Waals surface area contributed by atoms with Gasteiger partial charge in [-0.15, -0.1) is 0 Å². The first-order chi connectivity index (χ1) is 7.83. The van der Waals surface area contributed by atoms with E-state index in [9.17, 15) is 0 Å². The van der Waals surface area contributed by atoms with Gasteiger partial charge in [-0.3, -0.25) is 4.98 Å². The molecule has 16 heavy (non-hydrogen) atoms. The van der Waals surface area contributed by atoms with Crippen LogP contribution in [0.15, 0.2) is 24.4 Å². The van der Waals surface area contributed by atoms with Crippen LogP contribution < -0.4 is 0 Å². The Kier molecular flexibility index (Phi) is 10.1. The summed E-state index contributed by atoms with van der Waals surface area (Å²) in [5.41, 5.74) is 1.16. The number of rotatable bonds is 1. The van der Waals surface area contributed by atoms with Gasteiger partial charge in [0.25, 0.3) is 0 Å². The first-order valence-corrected chi connectivity index (χ1v) is 6.72. The minimum Gasteiger partial charge on any atom is -0.261 e. The lowest BCUT2D eigenvalue weighted by Crippen LogP contribution is -1.81. The summed E-state index contributed by atoms with van der Waals surface area (Å²) in [6.45, 7) is 8.44. The first kappa shape index (κ1) is 15.2. The maximum atomic E-state index is 4.10. The molecule has 0 spiro atoms. The fraction of sp³-hybridized carbons (Fsp3) is 0.667. The molecule has 0 N–H and O–H groups in total. The van der Waals surface area contributed by atoms with E-state index in [-0.39, 0.29) is 0 Å². The number of aryl methyl sites for hydroxylation is 1. The molecule has 1 aliphatic rings. The average molecular weight is 221 g/mol. The second-order valence-electron chi connectivity index (χ2n) is 4.06. The van der Waals surface area contributed by atoms with Gasteiger partial charge in [0.2, 0.25) is 0 Å². The molecule has 1 saturated carbocycles. The summed E-state index contributed by atoms with van der Waals surface area (Å²) in [5.74, 6) is 1.05. The second kappa shape index (κ2) is 10.7. The van der Waals surface area contributed by atoms with E-state index in [2.05, 4.69) is 18.8 Å². The van der Waals surface area contributed by atoms with Crippen LogP contribution in [0.4, 0.5) is 0 Å². The summed E-state index contributed by atoms with van der Waals surface area (Å²) in [6, 6.07) is 5.96. The predicted octanol–water partition coefficient (Wildman–Crippen LogP) is 4.87. The molecule has 1 aromatic rings. The van der Waals surface area contributed by atoms with Crippen LogP contribution in [0.5, 0.6) is 0 Å². The van der Waals surface area contributed by atoms with Crippen molar-refractivity contribution in [3.8, 4) is 0 Å². The smallest absolute Gasteiger partial charge is 0.0400 e. The number of hydrogen-bond acceptors (Lipinski definition) is 1. The van der Waals surface area contributed by atoms with Crippen LogP contribution in [0, 0.1) is 5.92 Å². The molecule has 0 aliphatic heterocycles. The minimum absolute atomic E-state index is 1.03. The maximum Gasteiger partial charge on any atom is 0.0400 e. The van der Waals surface area contributed by atoms with E-state index in [1.807, 2.05) is 38.2 Å². The normalized spacial score (nSPS) is 14.5. The highest BCUT2D eigenvalue weighted by Crippen LogP contribution is 2.22. The Morgan fingerprint density at radius 3 is 2.06 bits per heavy atom. The van der Waals surface area contributed by atoms with E-state index >= 15 is 0 Å². The van der Waals surface area contributed by atoms with Crippen molar-refractivity contribution < 1.29 is 0 Å². The van der Waals surface area contributed by atoms with Crippen LogP contribution in [-0.4, -0.2) is 4.98 Å². The molecule has 0 bridgehead atoms. The molecule has 1 aliphatic carbocycles. The number of pyridine rings is 1. The standard InChI is InChI=1S/C7H9N.C6H12.C2H6/c1-2-7-5-3-4-6-8-7;1-6-4-2-3-5-6;1-2/h3-6H,2H2,1H3;6H,2-5H2,1H3;1-2H3. The molecular weight excluding hydrogens is 194 g/mol. The van der Waals surface area contributed by atoms with Crippen LogP contribution in [-0.2, 0) is 6.42 Å². The van der Waals surface area contributed by atoms with Crippen molar-refractivity contribution in [2.45, 2.75) is 59.8 Å². The highest BCUT2D eigenvalue weighted by atomic mass is 14.6. The van der Waals surface area contributed by atoms with E-state index in [1.54, 1.807) is 0 Å². The van der Waals surface area contributed by atoms with Gasteiger partial charge in [0.15, 0.2) is 0 Å². The van der Waals surface area contributed by atoms with Gasteiger partial charge < -0.3 is 0 Å². The summed E-state index contributed by atoms with van der Waals surface area (Å²) in [5, 5.41) is 0. The number of hydrogen-bond donors (Lipinski definition) is 0. The van der Waals surface area contributed by atoms with Crippen molar-refractivity contribution in [3.63, 3.8) is 0 Å². The third kappa shape index (κ3) is 7.44. The molecule has 0 radical (unpaired) electrons. The third-order valence-electron chi connectivity index (χ3n) is 2.73. The molecule has 1 fully saturated rings. The third-order valence-corrected chi connectivity index (χ3v) is 2.73. The zero-order valence-corrected chi connectivity index (χ0v) is 11.4. The largest absolute Gasteiger partial charge is 0.261 e. The maximum absolute atomic E-state index is 4.10. The molecule has 1 aromatic heterocycles. The quantitative estimate of drug-likeness (QED) is 0.659. The Hall–Kier alpha value is -0.850. The summed E-state index contributed by atoms with van der Waals surface area (Å²) >= 11 is 0. The molecule has 0 aromatic carbocycles. The van der Waals surface area contributed by atoms with Gasteiger partial charge in [-0.25, -0.2) is 0 Å². The van der Waals surface area contributed by atoms with Crippen LogP contribution >= 0.6 is 0 Å². The number of nitrogens with zero attached hydrogens (tertiary/aromatic N) is 1. The molecule has 1 nitrogen and oxygen atoms in total. The van der Waals surface area contributed by atoms with E-state index in [4.69, 9.17) is 0 Å². The molecular formula is C15H27N. The Morgan fingerprint density at radius 1 is 1.19 bits per heavy atom. The Morgan fingerprint density at radius 2 is 1.81 bits per heavy atom. The van der Waals surface area contributed by atoms with Crippen LogP contribution in [0.2, 0.25) is 0 Å². The fourth-order valence-corrected chi connectivity index (χ4v) is 1.74. The van der Waals surface area contributed by atoms with Crippen molar-refractivity contribution in [3.05, 3.63) is 30.1 Å². The molecule has 2 rings (SSSR count). The van der Waals surface area contributed by atoms with Gasteiger partial charge in [0.1, 0.15) is 0 Å². The van der Waals surface area contributed by atoms with Crippen molar-refractivity contribution in [2.75, 3.05) is 0 Å². The predicted molar refractivity (Wildman–Crippen MR) is 72.6 cm³/mol. The Balaban J connectivity index is 0.000000251. The molecule has 1 heteroatoms. The first-order valence-electron chi connectivity index (χ1n) is 6.72. The van der Waals surface area contributed by atoms with E-state index in [0.29, 0.717) is 0 Å². The van der Waals surface area contributed by atoms with Crippen molar-refractivity contribution in [1.29, 1.82) is 0 Å². The lowest BCUT2D eigenvalue weighted by Gasteiger charge is -1.91. The van der Waals surface area contributed by atoms with Gasteiger partial charge in [0.05, 0.1) is 0 Å². The van der Waals surface area contributed by atoms with Gasteiger partial charge in [-0.1, -0.05) is 59.4 Å². The van der Waals surface area contributed by atoms with Gasteiger partial charge in [-0.2, -0.15) is 0 Å². The zero-order chi connectivity index (χ0) is 12.2. The molecule has 0 unspecified atom stereocenters. The van der Waals surface area contributed by atoms with E-state index in [0.717, 1.165) is 18.0 Å². The molecule has 0 atom stereocenters. The molecule has 0 amide bonds. The molecule has 0 saturated heterocycles. The fourth-order valence-electron chi connectivity index (χ4n) is 1.74. The average Bonchev–Trinajstić information content (AvgIpc) is 2.85. The van der Waals surface area contributed by atoms with Crippen LogP contribution in [0.3, 0.4) is 0 Å². The Labute approximate surface area is 101 Å². The van der Waals surface area contributed by atoms with Crippen LogP contribution in [0.1, 0.15) is 59.1 Å². The summed E-state index contributed by atoms with van der Waals surface area (Å²) in [6.07, 6.45) is 8.79. The second-order valence-corrected chi connectivity index (χ2v) is 4.06. The minimum atomic E-state index is 1.03. The Bertz CT molecular complexity index is 224. The highest BCUT2D eigenvalue weighted by molar-refractivity contribution is 5.02. The zero-order valence-electron chi connectivity index (χ0n) is 11.4. The van der Waals surface area contributed by atoms with Gasteiger partial charge >= 0.3 is 0 Å². The van der Waals surface area contributed by atoms with Crippen molar-refractivity contribution in [1.82, 2.24) is 4.98 Å². The number of aromatic nitrogens is 1. The van der Waals surface area contributed by atoms with E-state index in [1.165, 1.54) is 25.7 Å². The van der Waals surface area contributed by atoms with Crippen molar-refractivity contribution >= 4 is 0 Å². The summed E-state index contributed by atoms with van der Waals surface area (Å²) < 4.78 is 0. The lowest BCUT2D eigenvalue weighted by atomic mass is 10.2. The summed E-state index contributed by atoms with van der Waals surface area (Å²) in [7, 11) is 0. The highest BCUT2D eigenvalue weighted by Gasteiger charge is 2.07. The summed E-state index contributed by atoms with van der Waals surface area (Å²) in [4.78, 5) is 4.10. The molecule has 92 valence electrons. The monoisotopic (exact) mass is 221 g/mol. The molecule has 1 heterocycles. The van der Waals surface area contributed by atoms with E-state index < -0.39 is 0 Å². The SMILES string of the molecule is CC.CC1CCCC1.CCc1ccccn1. The van der Waals surface area contributed by atoms with Crippen LogP contribution in [0.25, 0.3) is 0 Å². The topological polar surface area (TPSA) is 12.9 Å².